The molecule has 0 unspecified atom stereocenters. The van der Waals surface area contributed by atoms with Gasteiger partial charge in [-0.15, -0.1) is 0 Å². The van der Waals surface area contributed by atoms with Gasteiger partial charge < -0.3 is 9.53 Å². The van der Waals surface area contributed by atoms with Crippen molar-refractivity contribution < 1.29 is 14.3 Å². The van der Waals surface area contributed by atoms with Crippen molar-refractivity contribution in [2.75, 3.05) is 6.61 Å². The van der Waals surface area contributed by atoms with Crippen LogP contribution in [0.3, 0.4) is 0 Å². The van der Waals surface area contributed by atoms with Crippen LogP contribution in [0.4, 0.5) is 0 Å². The van der Waals surface area contributed by atoms with Crippen LogP contribution in [0, 0.1) is 23.7 Å². The van der Waals surface area contributed by atoms with Crippen molar-refractivity contribution in [3.05, 3.63) is 60.7 Å². The molecule has 0 radical (unpaired) electrons. The fourth-order valence-electron chi connectivity index (χ4n) is 4.95. The monoisotopic (exact) mass is 394 g/mol. The van der Waals surface area contributed by atoms with Crippen LogP contribution >= 0.6 is 0 Å². The van der Waals surface area contributed by atoms with Crippen LogP contribution in [0.5, 0.6) is 0 Å². The van der Waals surface area contributed by atoms with Crippen molar-refractivity contribution in [1.29, 1.82) is 0 Å². The van der Waals surface area contributed by atoms with Crippen LogP contribution in [0.1, 0.15) is 33.6 Å². The molecule has 2 aromatic rings. The predicted octanol–water partition coefficient (Wildman–Crippen LogP) is 3.92. The SMILES string of the molecule is CC(C)(C)[Si](OC[C@@H]1C[C@H]1[C@@H]1C[C@H]1C(=O)O)(c1ccccc1)c1ccccc1. The Bertz CT molecular complexity index is 788. The van der Waals surface area contributed by atoms with Crippen LogP contribution < -0.4 is 10.4 Å². The first-order valence-corrected chi connectivity index (χ1v) is 12.2. The zero-order chi connectivity index (χ0) is 19.9. The maximum atomic E-state index is 11.2. The molecule has 0 saturated heterocycles. The van der Waals surface area contributed by atoms with Gasteiger partial charge in [0.05, 0.1) is 5.92 Å². The lowest BCUT2D eigenvalue weighted by Gasteiger charge is -2.43. The van der Waals surface area contributed by atoms with E-state index in [1.54, 1.807) is 0 Å². The molecule has 2 saturated carbocycles. The number of hydrogen-bond acceptors (Lipinski definition) is 2. The van der Waals surface area contributed by atoms with Gasteiger partial charge in [-0.05, 0) is 46.0 Å². The largest absolute Gasteiger partial charge is 0.481 e. The van der Waals surface area contributed by atoms with Crippen LogP contribution in [0.15, 0.2) is 60.7 Å². The van der Waals surface area contributed by atoms with Gasteiger partial charge in [0.1, 0.15) is 0 Å². The Labute approximate surface area is 168 Å². The number of hydrogen-bond donors (Lipinski definition) is 1. The molecule has 2 aliphatic rings. The van der Waals surface area contributed by atoms with Crippen molar-refractivity contribution in [3.63, 3.8) is 0 Å². The first-order valence-electron chi connectivity index (χ1n) is 10.3. The molecule has 28 heavy (non-hydrogen) atoms. The van der Waals surface area contributed by atoms with Crippen LogP contribution in [-0.2, 0) is 9.22 Å². The molecule has 0 heterocycles. The highest BCUT2D eigenvalue weighted by atomic mass is 28.4. The summed E-state index contributed by atoms with van der Waals surface area (Å²) in [6.07, 6.45) is 1.97. The third kappa shape index (κ3) is 3.44. The van der Waals surface area contributed by atoms with Crippen molar-refractivity contribution in [2.45, 2.75) is 38.7 Å². The highest BCUT2D eigenvalue weighted by Gasteiger charge is 2.58. The van der Waals surface area contributed by atoms with Gasteiger partial charge >= 0.3 is 5.97 Å². The molecule has 0 amide bonds. The minimum Gasteiger partial charge on any atom is -0.481 e. The number of carbonyl (C=O) groups is 1. The summed E-state index contributed by atoms with van der Waals surface area (Å²) < 4.78 is 6.99. The van der Waals surface area contributed by atoms with E-state index >= 15 is 0 Å². The first-order chi connectivity index (χ1) is 13.3. The van der Waals surface area contributed by atoms with Gasteiger partial charge in [0, 0.05) is 6.61 Å². The summed E-state index contributed by atoms with van der Waals surface area (Å²) in [7, 11) is -2.47. The second kappa shape index (κ2) is 7.16. The molecule has 4 atom stereocenters. The maximum absolute atomic E-state index is 11.2. The lowest BCUT2D eigenvalue weighted by atomic mass is 10.2. The van der Waals surface area contributed by atoms with E-state index in [1.165, 1.54) is 10.4 Å². The Balaban J connectivity index is 1.60. The van der Waals surface area contributed by atoms with E-state index in [-0.39, 0.29) is 11.0 Å². The Morgan fingerprint density at radius 1 is 0.964 bits per heavy atom. The number of benzene rings is 2. The smallest absolute Gasteiger partial charge is 0.306 e. The van der Waals surface area contributed by atoms with Crippen molar-refractivity contribution >= 4 is 24.7 Å². The van der Waals surface area contributed by atoms with Gasteiger partial charge in [-0.1, -0.05) is 81.4 Å². The summed E-state index contributed by atoms with van der Waals surface area (Å²) in [5.41, 5.74) is 0. The highest BCUT2D eigenvalue weighted by Crippen LogP contribution is 2.58. The summed E-state index contributed by atoms with van der Waals surface area (Å²) >= 11 is 0. The molecule has 3 nitrogen and oxygen atoms in total. The molecular weight excluding hydrogens is 364 g/mol. The Kier molecular flexibility index (Phi) is 4.96. The fourth-order valence-corrected chi connectivity index (χ4v) is 9.57. The van der Waals surface area contributed by atoms with E-state index in [0.717, 1.165) is 19.4 Å². The van der Waals surface area contributed by atoms with Gasteiger partial charge in [0.25, 0.3) is 8.32 Å². The summed E-state index contributed by atoms with van der Waals surface area (Å²) in [5.74, 6) is 0.701. The third-order valence-corrected chi connectivity index (χ3v) is 11.6. The minimum absolute atomic E-state index is 0.0106. The molecular formula is C24H30O3Si. The molecule has 0 bridgehead atoms. The second-order valence-electron chi connectivity index (χ2n) is 9.48. The third-order valence-electron chi connectivity index (χ3n) is 6.61. The zero-order valence-corrected chi connectivity index (χ0v) is 18.0. The zero-order valence-electron chi connectivity index (χ0n) is 17.0. The molecule has 0 aromatic heterocycles. The Morgan fingerprint density at radius 3 is 1.93 bits per heavy atom. The van der Waals surface area contributed by atoms with Gasteiger partial charge in [-0.25, -0.2) is 0 Å². The summed E-state index contributed by atoms with van der Waals surface area (Å²) in [6.45, 7) is 7.63. The molecule has 2 aliphatic carbocycles. The molecule has 2 aromatic carbocycles. The van der Waals surface area contributed by atoms with E-state index in [4.69, 9.17) is 4.43 Å². The van der Waals surface area contributed by atoms with Gasteiger partial charge in [-0.3, -0.25) is 4.79 Å². The standard InChI is InChI=1S/C24H30O3Si/c1-24(2,3)28(18-10-6-4-7-11-18,19-12-8-5-9-13-19)27-16-17-14-20(17)21-15-22(21)23(25)26/h4-13,17,20-22H,14-16H2,1-3H3,(H,25,26)/t17-,20+,21-,22+/m0/s1. The summed E-state index contributed by atoms with van der Waals surface area (Å²) in [4.78, 5) is 11.2. The topological polar surface area (TPSA) is 46.5 Å². The van der Waals surface area contributed by atoms with Gasteiger partial charge in [-0.2, -0.15) is 0 Å². The Morgan fingerprint density at radius 2 is 1.50 bits per heavy atom. The molecule has 1 N–H and O–H groups in total. The number of carboxylic acids is 1. The lowest BCUT2D eigenvalue weighted by Crippen LogP contribution is -2.66. The molecule has 4 rings (SSSR count). The number of carboxylic acid groups (broad SMARTS) is 1. The van der Waals surface area contributed by atoms with Gasteiger partial charge in [0.15, 0.2) is 0 Å². The minimum atomic E-state index is -2.47. The van der Waals surface area contributed by atoms with Crippen molar-refractivity contribution in [1.82, 2.24) is 0 Å². The fraction of sp³-hybridized carbons (Fsp3) is 0.458. The van der Waals surface area contributed by atoms with E-state index in [1.807, 2.05) is 0 Å². The van der Waals surface area contributed by atoms with E-state index in [2.05, 4.69) is 81.4 Å². The maximum Gasteiger partial charge on any atom is 0.306 e. The molecule has 148 valence electrons. The summed E-state index contributed by atoms with van der Waals surface area (Å²) in [6, 6.07) is 21.4. The average molecular weight is 395 g/mol. The predicted molar refractivity (Wildman–Crippen MR) is 114 cm³/mol. The van der Waals surface area contributed by atoms with Crippen molar-refractivity contribution in [3.8, 4) is 0 Å². The van der Waals surface area contributed by atoms with Crippen LogP contribution in [-0.4, -0.2) is 26.0 Å². The Hall–Kier alpha value is -1.91. The number of rotatable bonds is 7. The van der Waals surface area contributed by atoms with Crippen LogP contribution in [0.2, 0.25) is 5.04 Å². The second-order valence-corrected chi connectivity index (χ2v) is 13.8. The highest BCUT2D eigenvalue weighted by molar-refractivity contribution is 6.99. The first kappa shape index (κ1) is 19.4. The van der Waals surface area contributed by atoms with E-state index in [9.17, 15) is 9.90 Å². The molecule has 4 heteroatoms. The molecule has 2 fully saturated rings. The molecule has 0 aliphatic heterocycles. The normalized spacial score (nSPS) is 26.7. The average Bonchev–Trinajstić information content (AvgIpc) is 3.56. The molecule has 0 spiro atoms. The lowest BCUT2D eigenvalue weighted by molar-refractivity contribution is -0.138. The van der Waals surface area contributed by atoms with E-state index < -0.39 is 14.3 Å². The quantitative estimate of drug-likeness (QED) is 0.724. The van der Waals surface area contributed by atoms with Crippen LogP contribution in [0.25, 0.3) is 0 Å². The van der Waals surface area contributed by atoms with E-state index in [0.29, 0.717) is 17.8 Å². The van der Waals surface area contributed by atoms with Gasteiger partial charge in [0.2, 0.25) is 0 Å². The number of aliphatic carboxylic acids is 1. The summed E-state index contributed by atoms with van der Waals surface area (Å²) in [5, 5.41) is 11.8. The van der Waals surface area contributed by atoms with Crippen molar-refractivity contribution in [2.24, 2.45) is 23.7 Å².